The molecule has 0 aliphatic carbocycles. The van der Waals surface area contributed by atoms with Crippen LogP contribution in [0.3, 0.4) is 0 Å². The van der Waals surface area contributed by atoms with Crippen LogP contribution >= 0.6 is 0 Å². The fourth-order valence-corrected chi connectivity index (χ4v) is 2.35. The van der Waals surface area contributed by atoms with E-state index in [0.29, 0.717) is 18.4 Å². The number of nitrogens with zero attached hydrogens (tertiary/aromatic N) is 2. The van der Waals surface area contributed by atoms with Gasteiger partial charge < -0.3 is 10.1 Å². The molecule has 26 heavy (non-hydrogen) atoms. The van der Waals surface area contributed by atoms with E-state index < -0.39 is 5.82 Å². The third kappa shape index (κ3) is 4.86. The largest absolute Gasteiger partial charge is 0.436 e. The lowest BCUT2D eigenvalue weighted by Crippen LogP contribution is -2.23. The van der Waals surface area contributed by atoms with Crippen LogP contribution in [0.25, 0.3) is 0 Å². The number of nitrogens with one attached hydrogen (secondary N) is 1. The molecule has 2 heterocycles. The molecule has 0 saturated carbocycles. The summed E-state index contributed by atoms with van der Waals surface area (Å²) in [5.41, 5.74) is 1.54. The Labute approximate surface area is 150 Å². The summed E-state index contributed by atoms with van der Waals surface area (Å²) >= 11 is 0. The Kier molecular flexibility index (Phi) is 5.88. The molecule has 132 valence electrons. The van der Waals surface area contributed by atoms with E-state index in [0.717, 1.165) is 5.69 Å². The zero-order valence-corrected chi connectivity index (χ0v) is 14.1. The topological polar surface area (TPSA) is 64.1 Å². The third-order valence-corrected chi connectivity index (χ3v) is 3.70. The standard InChI is InChI=1S/C20H18FN3O2/c21-17-8-1-2-9-18(17)26-20-15(6-5-13-23-20)14-24-19(25)11-10-16-7-3-4-12-22-16/h1-9,12-13H,10-11,14H2,(H,24,25). The second-order valence-electron chi connectivity index (χ2n) is 5.60. The molecule has 0 atom stereocenters. The van der Waals surface area contributed by atoms with Gasteiger partial charge in [0, 0.05) is 36.6 Å². The van der Waals surface area contributed by atoms with Crippen molar-refractivity contribution in [3.63, 3.8) is 0 Å². The van der Waals surface area contributed by atoms with Gasteiger partial charge in [-0.2, -0.15) is 0 Å². The van der Waals surface area contributed by atoms with Crippen molar-refractivity contribution in [1.82, 2.24) is 15.3 Å². The highest BCUT2D eigenvalue weighted by Gasteiger charge is 2.10. The van der Waals surface area contributed by atoms with Crippen LogP contribution in [0.15, 0.2) is 67.0 Å². The average molecular weight is 351 g/mol. The van der Waals surface area contributed by atoms with E-state index in [-0.39, 0.29) is 24.1 Å². The minimum Gasteiger partial charge on any atom is -0.436 e. The van der Waals surface area contributed by atoms with Gasteiger partial charge in [-0.15, -0.1) is 0 Å². The van der Waals surface area contributed by atoms with Gasteiger partial charge in [0.25, 0.3) is 0 Å². The van der Waals surface area contributed by atoms with Gasteiger partial charge in [-0.1, -0.05) is 24.3 Å². The van der Waals surface area contributed by atoms with Gasteiger partial charge in [0.1, 0.15) is 0 Å². The number of hydrogen-bond acceptors (Lipinski definition) is 4. The quantitative estimate of drug-likeness (QED) is 0.706. The van der Waals surface area contributed by atoms with Crippen LogP contribution in [-0.2, 0) is 17.8 Å². The Morgan fingerprint density at radius 2 is 1.81 bits per heavy atom. The number of halogens is 1. The third-order valence-electron chi connectivity index (χ3n) is 3.70. The molecule has 0 unspecified atom stereocenters. The molecule has 0 aliphatic rings. The molecule has 3 rings (SSSR count). The molecule has 2 aromatic heterocycles. The summed E-state index contributed by atoms with van der Waals surface area (Å²) < 4.78 is 19.3. The Bertz CT molecular complexity index is 872. The lowest BCUT2D eigenvalue weighted by atomic mass is 10.2. The smallest absolute Gasteiger partial charge is 0.224 e. The van der Waals surface area contributed by atoms with Crippen molar-refractivity contribution in [2.75, 3.05) is 0 Å². The molecule has 0 saturated heterocycles. The Hall–Kier alpha value is -3.28. The van der Waals surface area contributed by atoms with Gasteiger partial charge in [-0.05, 0) is 36.8 Å². The van der Waals surface area contributed by atoms with Crippen molar-refractivity contribution in [2.45, 2.75) is 19.4 Å². The summed E-state index contributed by atoms with van der Waals surface area (Å²) in [6.07, 6.45) is 4.16. The van der Waals surface area contributed by atoms with Crippen LogP contribution in [0.4, 0.5) is 4.39 Å². The molecule has 5 nitrogen and oxygen atoms in total. The molecule has 1 N–H and O–H groups in total. The number of amides is 1. The van der Waals surface area contributed by atoms with Gasteiger partial charge in [-0.25, -0.2) is 9.37 Å². The van der Waals surface area contributed by atoms with Gasteiger partial charge in [0.2, 0.25) is 11.8 Å². The van der Waals surface area contributed by atoms with Gasteiger partial charge >= 0.3 is 0 Å². The van der Waals surface area contributed by atoms with Crippen molar-refractivity contribution >= 4 is 5.91 Å². The fourth-order valence-electron chi connectivity index (χ4n) is 2.35. The summed E-state index contributed by atoms with van der Waals surface area (Å²) in [4.78, 5) is 20.4. The van der Waals surface area contributed by atoms with Crippen LogP contribution in [0.1, 0.15) is 17.7 Å². The van der Waals surface area contributed by atoms with E-state index in [1.165, 1.54) is 12.1 Å². The molecule has 0 spiro atoms. The minimum atomic E-state index is -0.469. The highest BCUT2D eigenvalue weighted by molar-refractivity contribution is 5.76. The first-order chi connectivity index (χ1) is 12.7. The van der Waals surface area contributed by atoms with Gasteiger partial charge in [0.15, 0.2) is 11.6 Å². The summed E-state index contributed by atoms with van der Waals surface area (Å²) in [7, 11) is 0. The zero-order chi connectivity index (χ0) is 18.2. The molecule has 0 fully saturated rings. The van der Waals surface area contributed by atoms with E-state index in [2.05, 4.69) is 15.3 Å². The highest BCUT2D eigenvalue weighted by atomic mass is 19.1. The number of rotatable bonds is 7. The summed E-state index contributed by atoms with van der Waals surface area (Å²) in [5, 5.41) is 2.83. The number of aryl methyl sites for hydroxylation is 1. The van der Waals surface area contributed by atoms with Gasteiger partial charge in [-0.3, -0.25) is 9.78 Å². The van der Waals surface area contributed by atoms with Crippen LogP contribution in [0.2, 0.25) is 0 Å². The Balaban J connectivity index is 1.58. The maximum absolute atomic E-state index is 13.8. The number of ether oxygens (including phenoxy) is 1. The number of carbonyl (C=O) groups excluding carboxylic acids is 1. The second-order valence-corrected chi connectivity index (χ2v) is 5.60. The molecular formula is C20H18FN3O2. The molecule has 0 bridgehead atoms. The molecule has 0 radical (unpaired) electrons. The van der Waals surface area contributed by atoms with Crippen molar-refractivity contribution in [1.29, 1.82) is 0 Å². The number of para-hydroxylation sites is 1. The zero-order valence-electron chi connectivity index (χ0n) is 14.1. The van der Waals surface area contributed by atoms with E-state index in [1.54, 1.807) is 36.7 Å². The van der Waals surface area contributed by atoms with Crippen molar-refractivity contribution in [3.8, 4) is 11.6 Å². The van der Waals surface area contributed by atoms with Gasteiger partial charge in [0.05, 0.1) is 0 Å². The fraction of sp³-hybridized carbons (Fsp3) is 0.150. The maximum atomic E-state index is 13.8. The second kappa shape index (κ2) is 8.71. The van der Waals surface area contributed by atoms with Crippen molar-refractivity contribution in [2.24, 2.45) is 0 Å². The first kappa shape index (κ1) is 17.5. The number of benzene rings is 1. The Morgan fingerprint density at radius 1 is 1.00 bits per heavy atom. The summed E-state index contributed by atoms with van der Waals surface area (Å²) in [6.45, 7) is 0.249. The van der Waals surface area contributed by atoms with Crippen LogP contribution in [0, 0.1) is 5.82 Å². The summed E-state index contributed by atoms with van der Waals surface area (Å²) in [6, 6.07) is 15.2. The van der Waals surface area contributed by atoms with E-state index in [4.69, 9.17) is 4.74 Å². The van der Waals surface area contributed by atoms with Crippen molar-refractivity contribution in [3.05, 3.63) is 84.1 Å². The number of hydrogen-bond donors (Lipinski definition) is 1. The average Bonchev–Trinajstić information content (AvgIpc) is 2.68. The molecule has 0 aliphatic heterocycles. The lowest BCUT2D eigenvalue weighted by Gasteiger charge is -2.11. The number of pyridine rings is 2. The molecule has 1 amide bonds. The first-order valence-corrected chi connectivity index (χ1v) is 8.25. The minimum absolute atomic E-state index is 0.0916. The number of carbonyl (C=O) groups is 1. The SMILES string of the molecule is O=C(CCc1ccccn1)NCc1cccnc1Oc1ccccc1F. The van der Waals surface area contributed by atoms with Crippen LogP contribution in [0.5, 0.6) is 11.6 Å². The van der Waals surface area contributed by atoms with Crippen molar-refractivity contribution < 1.29 is 13.9 Å². The monoisotopic (exact) mass is 351 g/mol. The predicted molar refractivity (Wildman–Crippen MR) is 95.1 cm³/mol. The first-order valence-electron chi connectivity index (χ1n) is 8.25. The van der Waals surface area contributed by atoms with E-state index >= 15 is 0 Å². The molecule has 3 aromatic rings. The predicted octanol–water partition coefficient (Wildman–Crippen LogP) is 3.66. The normalized spacial score (nSPS) is 10.3. The lowest BCUT2D eigenvalue weighted by molar-refractivity contribution is -0.121. The molecular weight excluding hydrogens is 333 g/mol. The number of aromatic nitrogens is 2. The van der Waals surface area contributed by atoms with E-state index in [1.807, 2.05) is 18.2 Å². The molecule has 6 heteroatoms. The summed E-state index contributed by atoms with van der Waals surface area (Å²) in [5.74, 6) is -0.212. The van der Waals surface area contributed by atoms with Crippen LogP contribution in [-0.4, -0.2) is 15.9 Å². The Morgan fingerprint density at radius 3 is 2.62 bits per heavy atom. The molecule has 1 aromatic carbocycles. The highest BCUT2D eigenvalue weighted by Crippen LogP contribution is 2.25. The maximum Gasteiger partial charge on any atom is 0.224 e. The van der Waals surface area contributed by atoms with Crippen LogP contribution < -0.4 is 10.1 Å². The van der Waals surface area contributed by atoms with E-state index in [9.17, 15) is 9.18 Å².